The van der Waals surface area contributed by atoms with Crippen LogP contribution in [0.4, 0.5) is 8.78 Å². The van der Waals surface area contributed by atoms with Gasteiger partial charge in [0.05, 0.1) is 34.2 Å². The Bertz CT molecular complexity index is 1590. The van der Waals surface area contributed by atoms with Crippen molar-refractivity contribution < 1.29 is 24.5 Å². The molecule has 0 radical (unpaired) electrons. The van der Waals surface area contributed by atoms with E-state index in [1.807, 2.05) is 28.8 Å². The zero-order valence-electron chi connectivity index (χ0n) is 23.6. The van der Waals surface area contributed by atoms with E-state index in [1.165, 1.54) is 11.3 Å². The maximum atomic E-state index is 15.2. The van der Waals surface area contributed by atoms with E-state index >= 15 is 4.39 Å². The van der Waals surface area contributed by atoms with Gasteiger partial charge in [-0.3, -0.25) is 9.20 Å². The Morgan fingerprint density at radius 3 is 2.79 bits per heavy atom. The number of hydrogen-bond donors (Lipinski definition) is 1. The average molecular weight is 597 g/mol. The highest BCUT2D eigenvalue weighted by Gasteiger charge is 2.26. The molecule has 0 spiro atoms. The van der Waals surface area contributed by atoms with E-state index < -0.39 is 6.17 Å². The fourth-order valence-corrected chi connectivity index (χ4v) is 7.09. The SMILES string of the molecule is O=C(NCCCN1CCC(F)CC1)c1ccc2c(sc3nc(-c4ccc([C@@H]5CCCO5)cc4F)cn32)c1OCC1CC1.[HH]. The highest BCUT2D eigenvalue weighted by Crippen LogP contribution is 2.40. The molecule has 2 aromatic heterocycles. The van der Waals surface area contributed by atoms with Gasteiger partial charge in [0.15, 0.2) is 10.7 Å². The first kappa shape index (κ1) is 27.7. The molecular weight excluding hydrogens is 558 g/mol. The van der Waals surface area contributed by atoms with Crippen molar-refractivity contribution in [3.63, 3.8) is 0 Å². The van der Waals surface area contributed by atoms with Crippen LogP contribution in [0.1, 0.15) is 68.4 Å². The van der Waals surface area contributed by atoms with Gasteiger partial charge in [0.2, 0.25) is 0 Å². The normalized spacial score (nSPS) is 20.1. The van der Waals surface area contributed by atoms with E-state index in [4.69, 9.17) is 14.5 Å². The van der Waals surface area contributed by atoms with E-state index in [2.05, 4.69) is 10.2 Å². The number of likely N-dealkylation sites (tertiary alicyclic amines) is 1. The standard InChI is InChI=1S/C32H36F2N4O3S.H2/c33-22-10-14-37(15-11-22)13-2-12-35-31(39)24-8-9-27-30(29(24)41-19-20-4-5-20)42-32-36-26(18-38(27)32)23-7-6-21(17-25(23)34)28-3-1-16-40-28;/h6-9,17-18,20,22,28H,1-5,10-16,19H2,(H,35,39);1H/t28-;/m0./s1. The molecule has 0 unspecified atom stereocenters. The molecule has 1 atom stereocenters. The van der Waals surface area contributed by atoms with Crippen LogP contribution in [0.5, 0.6) is 5.75 Å². The summed E-state index contributed by atoms with van der Waals surface area (Å²) in [5.74, 6) is 0.648. The van der Waals surface area contributed by atoms with Crippen molar-refractivity contribution >= 4 is 32.4 Å². The summed E-state index contributed by atoms with van der Waals surface area (Å²) in [6.45, 7) is 4.25. The number of imidazole rings is 1. The molecular formula is C32H38F2N4O3S. The number of carbonyl (C=O) groups is 1. The molecule has 2 aliphatic heterocycles. The zero-order valence-corrected chi connectivity index (χ0v) is 24.4. The number of hydrogen-bond acceptors (Lipinski definition) is 6. The minimum atomic E-state index is -0.680. The molecule has 3 fully saturated rings. The molecule has 4 aromatic rings. The van der Waals surface area contributed by atoms with E-state index in [1.54, 1.807) is 12.1 Å². The van der Waals surface area contributed by atoms with Gasteiger partial charge in [-0.05, 0) is 87.2 Å². The van der Waals surface area contributed by atoms with Crippen molar-refractivity contribution in [2.75, 3.05) is 39.4 Å². The zero-order chi connectivity index (χ0) is 28.6. The third-order valence-corrected chi connectivity index (χ3v) is 9.72. The molecule has 4 heterocycles. The second-order valence-electron chi connectivity index (χ2n) is 11.8. The van der Waals surface area contributed by atoms with Crippen molar-refractivity contribution in [2.24, 2.45) is 5.92 Å². The van der Waals surface area contributed by atoms with Crippen molar-refractivity contribution in [3.05, 3.63) is 53.5 Å². The van der Waals surface area contributed by atoms with Gasteiger partial charge in [-0.25, -0.2) is 13.8 Å². The van der Waals surface area contributed by atoms with E-state index in [0.717, 1.165) is 74.1 Å². The van der Waals surface area contributed by atoms with Crippen LogP contribution >= 0.6 is 11.3 Å². The minimum absolute atomic E-state index is 0. The summed E-state index contributed by atoms with van der Waals surface area (Å²) in [7, 11) is 0. The monoisotopic (exact) mass is 596 g/mol. The number of piperidine rings is 1. The molecule has 0 bridgehead atoms. The fourth-order valence-electron chi connectivity index (χ4n) is 5.98. The highest BCUT2D eigenvalue weighted by atomic mass is 32.1. The molecule has 1 N–H and O–H groups in total. The van der Waals surface area contributed by atoms with Crippen LogP contribution in [0.15, 0.2) is 36.5 Å². The topological polar surface area (TPSA) is 68.1 Å². The van der Waals surface area contributed by atoms with Gasteiger partial charge in [0.25, 0.3) is 5.91 Å². The van der Waals surface area contributed by atoms with Crippen LogP contribution in [-0.2, 0) is 4.74 Å². The predicted octanol–water partition coefficient (Wildman–Crippen LogP) is 6.80. The van der Waals surface area contributed by atoms with Crippen molar-refractivity contribution in [3.8, 4) is 17.0 Å². The smallest absolute Gasteiger partial charge is 0.255 e. The van der Waals surface area contributed by atoms with Gasteiger partial charge in [0.1, 0.15) is 12.0 Å². The highest BCUT2D eigenvalue weighted by molar-refractivity contribution is 7.24. The summed E-state index contributed by atoms with van der Waals surface area (Å²) in [5, 5.41) is 3.06. The van der Waals surface area contributed by atoms with Crippen molar-refractivity contribution in [1.29, 1.82) is 0 Å². The summed E-state index contributed by atoms with van der Waals surface area (Å²) >= 11 is 1.45. The maximum absolute atomic E-state index is 15.2. The lowest BCUT2D eigenvalue weighted by molar-refractivity contribution is 0.0945. The van der Waals surface area contributed by atoms with Crippen LogP contribution in [0.25, 0.3) is 26.4 Å². The summed E-state index contributed by atoms with van der Waals surface area (Å²) in [6, 6.07) is 9.02. The molecule has 1 saturated carbocycles. The first-order chi connectivity index (χ1) is 20.5. The molecule has 7 rings (SSSR count). The lowest BCUT2D eigenvalue weighted by atomic mass is 10.0. The van der Waals surface area contributed by atoms with Crippen LogP contribution in [0.3, 0.4) is 0 Å². The first-order valence-electron chi connectivity index (χ1n) is 15.2. The second-order valence-corrected chi connectivity index (χ2v) is 12.8. The summed E-state index contributed by atoms with van der Waals surface area (Å²) in [6.07, 6.45) is 7.33. The summed E-state index contributed by atoms with van der Waals surface area (Å²) < 4.78 is 43.4. The van der Waals surface area contributed by atoms with Crippen LogP contribution in [0.2, 0.25) is 0 Å². The molecule has 3 aliphatic rings. The Balaban J connectivity index is 0.00000329. The maximum Gasteiger partial charge on any atom is 0.255 e. The number of nitrogens with zero attached hydrogens (tertiary/aromatic N) is 3. The summed E-state index contributed by atoms with van der Waals surface area (Å²) in [4.78, 5) is 21.0. The van der Waals surface area contributed by atoms with E-state index in [-0.39, 0.29) is 19.3 Å². The third kappa shape index (κ3) is 5.76. The number of benzene rings is 2. The van der Waals surface area contributed by atoms with Crippen LogP contribution < -0.4 is 10.1 Å². The van der Waals surface area contributed by atoms with E-state index in [0.29, 0.717) is 59.4 Å². The van der Waals surface area contributed by atoms with Gasteiger partial charge in [-0.2, -0.15) is 0 Å². The third-order valence-electron chi connectivity index (χ3n) is 8.65. The number of nitrogens with one attached hydrogen (secondary N) is 1. The van der Waals surface area contributed by atoms with Crippen molar-refractivity contribution in [1.82, 2.24) is 19.6 Å². The number of halogens is 2. The largest absolute Gasteiger partial charge is 0.491 e. The molecule has 42 heavy (non-hydrogen) atoms. The quantitative estimate of drug-likeness (QED) is 0.204. The first-order valence-corrected chi connectivity index (χ1v) is 16.0. The van der Waals surface area contributed by atoms with Gasteiger partial charge < -0.3 is 19.7 Å². The molecule has 224 valence electrons. The van der Waals surface area contributed by atoms with Crippen molar-refractivity contribution in [2.45, 2.75) is 57.2 Å². The Hall–Kier alpha value is -3.08. The Labute approximate surface area is 249 Å². The molecule has 2 aromatic carbocycles. The lowest BCUT2D eigenvalue weighted by Gasteiger charge is -2.28. The average Bonchev–Trinajstić information content (AvgIpc) is 3.34. The number of thiazole rings is 1. The number of ether oxygens (including phenoxy) is 2. The number of carbonyl (C=O) groups excluding carboxylic acids is 1. The predicted molar refractivity (Wildman–Crippen MR) is 162 cm³/mol. The number of aromatic nitrogens is 2. The molecule has 7 nitrogen and oxygen atoms in total. The molecule has 2 saturated heterocycles. The number of rotatable bonds is 10. The molecule has 10 heteroatoms. The fraction of sp³-hybridized carbons (Fsp3) is 0.500. The minimum Gasteiger partial charge on any atom is -0.491 e. The van der Waals surface area contributed by atoms with Crippen LogP contribution in [0, 0.1) is 11.7 Å². The van der Waals surface area contributed by atoms with Gasteiger partial charge >= 0.3 is 0 Å². The Morgan fingerprint density at radius 2 is 2.02 bits per heavy atom. The van der Waals surface area contributed by atoms with Crippen LogP contribution in [-0.4, -0.2) is 65.8 Å². The van der Waals surface area contributed by atoms with Gasteiger partial charge in [-0.1, -0.05) is 17.4 Å². The molecule has 1 aliphatic carbocycles. The number of fused-ring (bicyclic) bond motifs is 3. The summed E-state index contributed by atoms with van der Waals surface area (Å²) in [5.41, 5.74) is 3.28. The van der Waals surface area contributed by atoms with Gasteiger partial charge in [-0.15, -0.1) is 0 Å². The number of alkyl halides is 1. The lowest BCUT2D eigenvalue weighted by Crippen LogP contribution is -2.36. The Kier molecular flexibility index (Phi) is 7.85. The second kappa shape index (κ2) is 11.9. The van der Waals surface area contributed by atoms with Gasteiger partial charge in [0, 0.05) is 39.4 Å². The number of amides is 1. The van der Waals surface area contributed by atoms with E-state index in [9.17, 15) is 9.18 Å². The Morgan fingerprint density at radius 1 is 1.17 bits per heavy atom. The molecule has 1 amide bonds.